The molecule has 2 N–H and O–H groups in total. The lowest BCUT2D eigenvalue weighted by Gasteiger charge is -2.28. The van der Waals surface area contributed by atoms with E-state index >= 15 is 0 Å². The zero-order chi connectivity index (χ0) is 23.8. The van der Waals surface area contributed by atoms with Crippen molar-refractivity contribution in [2.45, 2.75) is 64.1 Å². The SMILES string of the molecule is CC.CCCN(Cc1ncc(C2=CC3SC(Br)=CC3S2)[nH]1)C(=O)C(NC(=O)OC)C(C)C. The van der Waals surface area contributed by atoms with E-state index in [1.165, 1.54) is 15.8 Å². The van der Waals surface area contributed by atoms with Gasteiger partial charge in [-0.25, -0.2) is 9.78 Å². The van der Waals surface area contributed by atoms with Crippen molar-refractivity contribution >= 4 is 56.4 Å². The molecule has 3 unspecified atom stereocenters. The number of thioether (sulfide) groups is 2. The number of rotatable bonds is 8. The highest BCUT2D eigenvalue weighted by molar-refractivity contribution is 9.14. The number of hydrogen-bond donors (Lipinski definition) is 2. The number of nitrogens with zero attached hydrogens (tertiary/aromatic N) is 2. The van der Waals surface area contributed by atoms with Crippen LogP contribution in [0.25, 0.3) is 4.91 Å². The molecule has 2 aliphatic rings. The first-order chi connectivity index (χ1) is 15.3. The Balaban J connectivity index is 0.00000176. The van der Waals surface area contributed by atoms with Crippen molar-refractivity contribution in [1.82, 2.24) is 20.2 Å². The summed E-state index contributed by atoms with van der Waals surface area (Å²) in [6.07, 6.45) is 6.55. The molecule has 3 heterocycles. The maximum absolute atomic E-state index is 13.1. The van der Waals surface area contributed by atoms with E-state index in [2.05, 4.69) is 48.1 Å². The van der Waals surface area contributed by atoms with Crippen LogP contribution in [0.3, 0.4) is 0 Å². The van der Waals surface area contributed by atoms with Crippen molar-refractivity contribution in [1.29, 1.82) is 0 Å². The Kier molecular flexibility index (Phi) is 10.7. The standard InChI is InChI=1S/C20H27BrN4O3S2.C2H6/c1-5-6-25(19(26)18(11(2)3)24-20(27)28-4)10-17-22-9-12(23-17)13-7-14-15(29-13)8-16(21)30-14;1-2/h7-9,11,14-15,18H,5-6,10H2,1-4H3,(H,22,23)(H,24,27);1-2H3. The lowest BCUT2D eigenvalue weighted by molar-refractivity contribution is -0.135. The minimum absolute atomic E-state index is 0.0625. The number of alkyl carbamates (subject to hydrolysis) is 1. The zero-order valence-corrected chi connectivity index (χ0v) is 22.7. The van der Waals surface area contributed by atoms with Gasteiger partial charge in [0, 0.05) is 25.8 Å². The second kappa shape index (κ2) is 12.7. The Hall–Kier alpha value is -1.39. The minimum Gasteiger partial charge on any atom is -0.453 e. The van der Waals surface area contributed by atoms with E-state index in [9.17, 15) is 9.59 Å². The molecule has 7 nitrogen and oxygen atoms in total. The van der Waals surface area contributed by atoms with Crippen molar-refractivity contribution in [3.8, 4) is 0 Å². The molecule has 3 atom stereocenters. The number of aromatic nitrogens is 2. The van der Waals surface area contributed by atoms with Crippen LogP contribution in [-0.4, -0.2) is 57.1 Å². The van der Waals surface area contributed by atoms with Crippen LogP contribution in [0.4, 0.5) is 4.79 Å². The van der Waals surface area contributed by atoms with Gasteiger partial charge in [-0.1, -0.05) is 40.7 Å². The molecule has 0 saturated carbocycles. The number of carbonyl (C=O) groups is 2. The lowest BCUT2D eigenvalue weighted by atomic mass is 10.0. The highest BCUT2D eigenvalue weighted by Crippen LogP contribution is 2.51. The molecule has 3 rings (SSSR count). The van der Waals surface area contributed by atoms with Crippen molar-refractivity contribution < 1.29 is 14.3 Å². The molecule has 0 aromatic carbocycles. The number of carbonyl (C=O) groups excluding carboxylic acids is 2. The number of H-pyrrole nitrogens is 1. The molecule has 0 aliphatic carbocycles. The van der Waals surface area contributed by atoms with Crippen molar-refractivity contribution in [3.63, 3.8) is 0 Å². The van der Waals surface area contributed by atoms with E-state index in [1.807, 2.05) is 64.3 Å². The third kappa shape index (κ3) is 6.81. The topological polar surface area (TPSA) is 87.3 Å². The van der Waals surface area contributed by atoms with Gasteiger partial charge >= 0.3 is 6.09 Å². The van der Waals surface area contributed by atoms with Crippen LogP contribution in [0.1, 0.15) is 52.6 Å². The molecule has 0 saturated heterocycles. The van der Waals surface area contributed by atoms with Gasteiger partial charge in [-0.15, -0.1) is 23.5 Å². The van der Waals surface area contributed by atoms with Gasteiger partial charge < -0.3 is 19.9 Å². The Morgan fingerprint density at radius 3 is 2.56 bits per heavy atom. The van der Waals surface area contributed by atoms with Gasteiger partial charge in [0.25, 0.3) is 0 Å². The van der Waals surface area contributed by atoms with E-state index in [-0.39, 0.29) is 11.8 Å². The zero-order valence-electron chi connectivity index (χ0n) is 19.5. The van der Waals surface area contributed by atoms with Crippen LogP contribution >= 0.6 is 39.5 Å². The fraction of sp³-hybridized carbons (Fsp3) is 0.591. The quantitative estimate of drug-likeness (QED) is 0.457. The molecule has 32 heavy (non-hydrogen) atoms. The molecule has 2 aliphatic heterocycles. The largest absolute Gasteiger partial charge is 0.453 e. The second-order valence-electron chi connectivity index (χ2n) is 7.53. The summed E-state index contributed by atoms with van der Waals surface area (Å²) in [6.45, 7) is 10.8. The molecule has 1 aromatic rings. The number of halogens is 1. The molecule has 178 valence electrons. The van der Waals surface area contributed by atoms with Crippen molar-refractivity contribution in [2.75, 3.05) is 13.7 Å². The number of amides is 2. The molecule has 0 bridgehead atoms. The van der Waals surface area contributed by atoms with Gasteiger partial charge in [-0.05, 0) is 34.3 Å². The fourth-order valence-corrected chi connectivity index (χ4v) is 7.04. The summed E-state index contributed by atoms with van der Waals surface area (Å²) in [5.74, 6) is 0.535. The summed E-state index contributed by atoms with van der Waals surface area (Å²) < 4.78 is 5.87. The van der Waals surface area contributed by atoms with E-state index in [1.54, 1.807) is 4.90 Å². The van der Waals surface area contributed by atoms with Crippen molar-refractivity contribution in [3.05, 3.63) is 33.7 Å². The number of ether oxygens (including phenoxy) is 1. The average Bonchev–Trinajstić information content (AvgIpc) is 3.47. The lowest BCUT2D eigenvalue weighted by Crippen LogP contribution is -2.51. The van der Waals surface area contributed by atoms with Gasteiger partial charge in [0.1, 0.15) is 11.9 Å². The molecule has 0 radical (unpaired) electrons. The predicted octanol–water partition coefficient (Wildman–Crippen LogP) is 5.36. The number of fused-ring (bicyclic) bond motifs is 1. The van der Waals surface area contributed by atoms with Crippen molar-refractivity contribution in [2.24, 2.45) is 5.92 Å². The van der Waals surface area contributed by atoms with E-state index in [0.717, 1.165) is 17.9 Å². The molecule has 2 amide bonds. The van der Waals surface area contributed by atoms with Crippen LogP contribution in [0, 0.1) is 5.92 Å². The summed E-state index contributed by atoms with van der Waals surface area (Å²) >= 11 is 7.21. The van der Waals surface area contributed by atoms with Crippen LogP contribution in [0.2, 0.25) is 0 Å². The summed E-state index contributed by atoms with van der Waals surface area (Å²) in [4.78, 5) is 35.6. The predicted molar refractivity (Wildman–Crippen MR) is 138 cm³/mol. The molecular weight excluding hydrogens is 512 g/mol. The molecular formula is C22H33BrN4O3S2. The highest BCUT2D eigenvalue weighted by atomic mass is 79.9. The molecule has 1 aromatic heterocycles. The Morgan fingerprint density at radius 1 is 1.28 bits per heavy atom. The maximum Gasteiger partial charge on any atom is 0.407 e. The number of hydrogen-bond acceptors (Lipinski definition) is 6. The second-order valence-corrected chi connectivity index (χ2v) is 11.3. The number of imidazole rings is 1. The van der Waals surface area contributed by atoms with Gasteiger partial charge in [0.2, 0.25) is 5.91 Å². The maximum atomic E-state index is 13.1. The highest BCUT2D eigenvalue weighted by Gasteiger charge is 2.34. The van der Waals surface area contributed by atoms with Crippen LogP contribution in [-0.2, 0) is 16.1 Å². The van der Waals surface area contributed by atoms with Crippen LogP contribution in [0.15, 0.2) is 22.2 Å². The van der Waals surface area contributed by atoms with Gasteiger partial charge in [-0.2, -0.15) is 0 Å². The van der Waals surface area contributed by atoms with E-state index in [0.29, 0.717) is 23.6 Å². The van der Waals surface area contributed by atoms with Gasteiger partial charge in [-0.3, -0.25) is 4.79 Å². The molecule has 0 fully saturated rings. The third-order valence-electron chi connectivity index (χ3n) is 4.88. The van der Waals surface area contributed by atoms with Crippen LogP contribution < -0.4 is 5.32 Å². The average molecular weight is 546 g/mol. The number of methoxy groups -OCH3 is 1. The summed E-state index contributed by atoms with van der Waals surface area (Å²) in [5, 5.41) is 3.55. The first-order valence-electron chi connectivity index (χ1n) is 10.9. The third-order valence-corrected chi connectivity index (χ3v) is 8.25. The van der Waals surface area contributed by atoms with Gasteiger partial charge in [0.15, 0.2) is 0 Å². The minimum atomic E-state index is -0.645. The van der Waals surface area contributed by atoms with Crippen LogP contribution in [0.5, 0.6) is 0 Å². The van der Waals surface area contributed by atoms with Gasteiger partial charge in [0.05, 0.1) is 25.5 Å². The first kappa shape index (κ1) is 26.9. The number of aromatic amines is 1. The summed E-state index contributed by atoms with van der Waals surface area (Å²) in [5.41, 5.74) is 0.978. The Morgan fingerprint density at radius 2 is 1.97 bits per heavy atom. The first-order valence-corrected chi connectivity index (χ1v) is 13.5. The molecule has 10 heteroatoms. The van der Waals surface area contributed by atoms with E-state index < -0.39 is 12.1 Å². The smallest absolute Gasteiger partial charge is 0.407 e. The van der Waals surface area contributed by atoms with E-state index in [4.69, 9.17) is 0 Å². The Labute approximate surface area is 207 Å². The normalized spacial score (nSPS) is 20.0. The fourth-order valence-electron chi connectivity index (χ4n) is 3.36. The summed E-state index contributed by atoms with van der Waals surface area (Å²) in [6, 6.07) is -0.645. The molecule has 0 spiro atoms. The number of nitrogens with one attached hydrogen (secondary N) is 2. The summed E-state index contributed by atoms with van der Waals surface area (Å²) in [7, 11) is 1.29. The monoisotopic (exact) mass is 544 g/mol. The Bertz CT molecular complexity index is 856.